The molecule has 1 saturated carbocycles. The van der Waals surface area contributed by atoms with Crippen molar-refractivity contribution < 1.29 is 0 Å². The molecular formula is C15H19N9S. The standard InChI is InChI=1S/C15H19N9S/c1-10-6-8-22(9-7-10)14-17-18-15(23(14)11-2-3-11)25-13-5-4-12-16-20-21-24(12)19-13/h4-5,10-11H,2-3,6-9H2,1H3. The summed E-state index contributed by atoms with van der Waals surface area (Å²) in [6, 6.07) is 4.30. The molecule has 0 spiro atoms. The minimum Gasteiger partial charge on any atom is -0.341 e. The number of fused-ring (bicyclic) bond motifs is 1. The third-order valence-electron chi connectivity index (χ3n) is 4.87. The first-order chi connectivity index (χ1) is 12.3. The van der Waals surface area contributed by atoms with Crippen LogP contribution >= 0.6 is 11.8 Å². The van der Waals surface area contributed by atoms with Crippen LogP contribution in [0.5, 0.6) is 0 Å². The third kappa shape index (κ3) is 2.84. The summed E-state index contributed by atoms with van der Waals surface area (Å²) in [5, 5.41) is 26.5. The highest BCUT2D eigenvalue weighted by Gasteiger charge is 2.32. The molecule has 0 unspecified atom stereocenters. The molecule has 0 N–H and O–H groups in total. The van der Waals surface area contributed by atoms with Gasteiger partial charge < -0.3 is 4.90 Å². The van der Waals surface area contributed by atoms with Gasteiger partial charge in [-0.15, -0.1) is 25.0 Å². The van der Waals surface area contributed by atoms with E-state index in [-0.39, 0.29) is 0 Å². The van der Waals surface area contributed by atoms with Crippen molar-refractivity contribution in [3.8, 4) is 0 Å². The van der Waals surface area contributed by atoms with E-state index in [1.54, 1.807) is 0 Å². The normalized spacial score (nSPS) is 19.0. The summed E-state index contributed by atoms with van der Waals surface area (Å²) in [7, 11) is 0. The van der Waals surface area contributed by atoms with Gasteiger partial charge in [0.2, 0.25) is 5.95 Å². The molecule has 1 aliphatic heterocycles. The number of tetrazole rings is 1. The summed E-state index contributed by atoms with van der Waals surface area (Å²) in [5.74, 6) is 1.81. The van der Waals surface area contributed by atoms with Gasteiger partial charge in [0.15, 0.2) is 10.8 Å². The van der Waals surface area contributed by atoms with Gasteiger partial charge in [0.1, 0.15) is 5.03 Å². The smallest absolute Gasteiger partial charge is 0.228 e. The predicted molar refractivity (Wildman–Crippen MR) is 91.6 cm³/mol. The monoisotopic (exact) mass is 357 g/mol. The Morgan fingerprint density at radius 2 is 1.88 bits per heavy atom. The summed E-state index contributed by atoms with van der Waals surface area (Å²) in [6.07, 6.45) is 4.83. The fraction of sp³-hybridized carbons (Fsp3) is 0.600. The molecule has 1 aliphatic carbocycles. The molecule has 0 atom stereocenters. The van der Waals surface area contributed by atoms with Crippen molar-refractivity contribution in [3.63, 3.8) is 0 Å². The van der Waals surface area contributed by atoms with Crippen LogP contribution in [0.15, 0.2) is 22.3 Å². The van der Waals surface area contributed by atoms with Gasteiger partial charge in [0.05, 0.1) is 0 Å². The van der Waals surface area contributed by atoms with Gasteiger partial charge in [-0.05, 0) is 65.9 Å². The van der Waals surface area contributed by atoms with Gasteiger partial charge in [-0.25, -0.2) is 0 Å². The average Bonchev–Trinajstić information content (AvgIpc) is 3.20. The van der Waals surface area contributed by atoms with Crippen LogP contribution in [-0.2, 0) is 0 Å². The zero-order valence-electron chi connectivity index (χ0n) is 14.0. The minimum atomic E-state index is 0.517. The topological polar surface area (TPSA) is 89.9 Å². The SMILES string of the molecule is CC1CCN(c2nnc(Sc3ccc4nnnn4n3)n2C2CC2)CC1. The van der Waals surface area contributed by atoms with E-state index in [0.29, 0.717) is 11.7 Å². The van der Waals surface area contributed by atoms with E-state index in [2.05, 4.69) is 47.2 Å². The molecule has 0 bridgehead atoms. The van der Waals surface area contributed by atoms with Crippen molar-refractivity contribution in [2.24, 2.45) is 5.92 Å². The van der Waals surface area contributed by atoms with Crippen molar-refractivity contribution in [3.05, 3.63) is 12.1 Å². The molecule has 0 aromatic carbocycles. The molecule has 3 aromatic heterocycles. The van der Waals surface area contributed by atoms with Crippen LogP contribution in [0.4, 0.5) is 5.95 Å². The van der Waals surface area contributed by atoms with Crippen LogP contribution in [0, 0.1) is 5.92 Å². The Hall–Kier alpha value is -2.23. The fourth-order valence-corrected chi connectivity index (χ4v) is 4.05. The second kappa shape index (κ2) is 5.94. The van der Waals surface area contributed by atoms with Gasteiger partial charge in [-0.1, -0.05) is 6.92 Å². The maximum atomic E-state index is 4.52. The van der Waals surface area contributed by atoms with E-state index in [1.807, 2.05) is 12.1 Å². The number of rotatable bonds is 4. The molecule has 10 heteroatoms. The highest BCUT2D eigenvalue weighted by atomic mass is 32.2. The molecule has 9 nitrogen and oxygen atoms in total. The molecule has 2 fully saturated rings. The molecule has 1 saturated heterocycles. The van der Waals surface area contributed by atoms with E-state index < -0.39 is 0 Å². The highest BCUT2D eigenvalue weighted by molar-refractivity contribution is 7.99. The van der Waals surface area contributed by atoms with Crippen molar-refractivity contribution in [2.45, 2.75) is 48.8 Å². The summed E-state index contributed by atoms with van der Waals surface area (Å²) in [5.41, 5.74) is 0.635. The first-order valence-electron chi connectivity index (χ1n) is 8.71. The minimum absolute atomic E-state index is 0.517. The molecule has 130 valence electrons. The predicted octanol–water partition coefficient (Wildman–Crippen LogP) is 1.83. The van der Waals surface area contributed by atoms with Crippen molar-refractivity contribution in [1.82, 2.24) is 40.0 Å². The van der Waals surface area contributed by atoms with Crippen LogP contribution < -0.4 is 4.90 Å². The average molecular weight is 357 g/mol. The number of hydrogen-bond acceptors (Lipinski definition) is 8. The largest absolute Gasteiger partial charge is 0.341 e. The van der Waals surface area contributed by atoms with E-state index in [4.69, 9.17) is 0 Å². The summed E-state index contributed by atoms with van der Waals surface area (Å²) in [6.45, 7) is 4.45. The lowest BCUT2D eigenvalue weighted by Crippen LogP contribution is -2.34. The second-order valence-corrected chi connectivity index (χ2v) is 7.84. The first-order valence-corrected chi connectivity index (χ1v) is 9.53. The van der Waals surface area contributed by atoms with Gasteiger partial charge in [0.25, 0.3) is 0 Å². The van der Waals surface area contributed by atoms with Gasteiger partial charge in [-0.3, -0.25) is 4.57 Å². The molecule has 0 amide bonds. The maximum absolute atomic E-state index is 4.52. The van der Waals surface area contributed by atoms with Gasteiger partial charge in [-0.2, -0.15) is 0 Å². The zero-order chi connectivity index (χ0) is 16.8. The Bertz CT molecular complexity index is 891. The highest BCUT2D eigenvalue weighted by Crippen LogP contribution is 2.42. The van der Waals surface area contributed by atoms with Crippen molar-refractivity contribution in [2.75, 3.05) is 18.0 Å². The van der Waals surface area contributed by atoms with E-state index >= 15 is 0 Å². The Kier molecular flexibility index (Phi) is 3.58. The van der Waals surface area contributed by atoms with Gasteiger partial charge >= 0.3 is 0 Å². The Morgan fingerprint density at radius 1 is 1.04 bits per heavy atom. The van der Waals surface area contributed by atoms with Crippen molar-refractivity contribution >= 4 is 23.4 Å². The van der Waals surface area contributed by atoms with E-state index in [1.165, 1.54) is 42.1 Å². The first kappa shape index (κ1) is 15.1. The van der Waals surface area contributed by atoms with E-state index in [9.17, 15) is 0 Å². The zero-order valence-corrected chi connectivity index (χ0v) is 14.8. The molecular weight excluding hydrogens is 338 g/mol. The maximum Gasteiger partial charge on any atom is 0.228 e. The van der Waals surface area contributed by atoms with Crippen LogP contribution in [0.2, 0.25) is 0 Å². The van der Waals surface area contributed by atoms with Gasteiger partial charge in [0, 0.05) is 19.1 Å². The summed E-state index contributed by atoms with van der Waals surface area (Å²) >= 11 is 1.52. The molecule has 4 heterocycles. The van der Waals surface area contributed by atoms with E-state index in [0.717, 1.165) is 35.1 Å². The molecule has 3 aromatic rings. The number of piperidine rings is 1. The van der Waals surface area contributed by atoms with Crippen LogP contribution in [0.25, 0.3) is 5.65 Å². The Balaban J connectivity index is 1.45. The van der Waals surface area contributed by atoms with Crippen LogP contribution in [0.1, 0.15) is 38.6 Å². The van der Waals surface area contributed by atoms with Crippen LogP contribution in [-0.4, -0.2) is 53.1 Å². The lowest BCUT2D eigenvalue weighted by molar-refractivity contribution is 0.429. The second-order valence-electron chi connectivity index (χ2n) is 6.85. The number of hydrogen-bond donors (Lipinski definition) is 0. The number of aromatic nitrogens is 8. The Morgan fingerprint density at radius 3 is 2.68 bits per heavy atom. The quantitative estimate of drug-likeness (QED) is 0.698. The lowest BCUT2D eigenvalue weighted by atomic mass is 10.00. The lowest BCUT2D eigenvalue weighted by Gasteiger charge is -2.31. The van der Waals surface area contributed by atoms with Crippen molar-refractivity contribution in [1.29, 1.82) is 0 Å². The molecule has 5 rings (SSSR count). The van der Waals surface area contributed by atoms with Crippen LogP contribution in [0.3, 0.4) is 0 Å². The Labute approximate surface area is 148 Å². The molecule has 25 heavy (non-hydrogen) atoms. The summed E-state index contributed by atoms with van der Waals surface area (Å²) < 4.78 is 3.74. The fourth-order valence-electron chi connectivity index (χ4n) is 3.20. The summed E-state index contributed by atoms with van der Waals surface area (Å²) in [4.78, 5) is 2.38. The molecule has 2 aliphatic rings. The third-order valence-corrected chi connectivity index (χ3v) is 5.75. The molecule has 0 radical (unpaired) electrons. The number of nitrogens with zero attached hydrogens (tertiary/aromatic N) is 9. The number of anilines is 1.